The fraction of sp³-hybridized carbons (Fsp3) is 0.333. The zero-order valence-electron chi connectivity index (χ0n) is 22.8. The van der Waals surface area contributed by atoms with E-state index < -0.39 is 18.1 Å². The third-order valence-electron chi connectivity index (χ3n) is 7.50. The van der Waals surface area contributed by atoms with E-state index in [1.54, 1.807) is 37.7 Å². The molecule has 2 unspecified atom stereocenters. The molecular weight excluding hydrogens is 551 g/mol. The fourth-order valence-electron chi connectivity index (χ4n) is 5.19. The summed E-state index contributed by atoms with van der Waals surface area (Å²) in [6.45, 7) is 3.85. The van der Waals surface area contributed by atoms with Crippen LogP contribution in [-0.2, 0) is 16.5 Å². The molecule has 4 aromatic rings. The van der Waals surface area contributed by atoms with Crippen molar-refractivity contribution in [2.24, 2.45) is 7.05 Å². The van der Waals surface area contributed by atoms with Crippen LogP contribution in [0, 0.1) is 5.82 Å². The lowest BCUT2D eigenvalue weighted by atomic mass is 10.2. The van der Waals surface area contributed by atoms with E-state index in [2.05, 4.69) is 14.8 Å². The van der Waals surface area contributed by atoms with E-state index in [1.165, 1.54) is 6.07 Å². The monoisotopic (exact) mass is 580 g/mol. The van der Waals surface area contributed by atoms with Crippen molar-refractivity contribution in [3.63, 3.8) is 0 Å². The summed E-state index contributed by atoms with van der Waals surface area (Å²) < 4.78 is 39.6. The highest BCUT2D eigenvalue weighted by Crippen LogP contribution is 2.47. The number of carbonyl (C=O) groups excluding carboxylic acids is 1. The number of rotatable bonds is 8. The summed E-state index contributed by atoms with van der Waals surface area (Å²) in [6.07, 6.45) is 0.575. The molecule has 0 radical (unpaired) electrons. The maximum Gasteiger partial charge on any atom is 0.338 e. The maximum atomic E-state index is 14.5. The van der Waals surface area contributed by atoms with Gasteiger partial charge in [0, 0.05) is 51.9 Å². The van der Waals surface area contributed by atoms with Crippen molar-refractivity contribution in [3.05, 3.63) is 82.9 Å². The Balaban J connectivity index is 1.03. The summed E-state index contributed by atoms with van der Waals surface area (Å²) in [5.41, 5.74) is 3.38. The van der Waals surface area contributed by atoms with E-state index in [0.29, 0.717) is 34.2 Å². The van der Waals surface area contributed by atoms with Crippen LogP contribution >= 0.6 is 11.6 Å². The van der Waals surface area contributed by atoms with Crippen LogP contribution in [-0.4, -0.2) is 73.0 Å². The average molecular weight is 581 g/mol. The normalized spacial score (nSPS) is 17.7. The number of methoxy groups -OCH3 is 1. The van der Waals surface area contributed by atoms with E-state index in [4.69, 9.17) is 30.5 Å². The number of imidazole rings is 1. The van der Waals surface area contributed by atoms with Crippen LogP contribution in [0.4, 0.5) is 10.1 Å². The first-order valence-electron chi connectivity index (χ1n) is 13.4. The van der Waals surface area contributed by atoms with Gasteiger partial charge in [-0.05, 0) is 48.5 Å². The number of ether oxygens (including phenoxy) is 4. The number of fused-ring (bicyclic) bond motifs is 2. The van der Waals surface area contributed by atoms with Gasteiger partial charge in [0.15, 0.2) is 11.5 Å². The predicted octanol–water partition coefficient (Wildman–Crippen LogP) is 4.83. The lowest BCUT2D eigenvalue weighted by molar-refractivity contribution is -0.00318. The van der Waals surface area contributed by atoms with E-state index >= 15 is 0 Å². The first-order valence-corrected chi connectivity index (χ1v) is 13.8. The Kier molecular flexibility index (Phi) is 7.70. The van der Waals surface area contributed by atoms with Crippen molar-refractivity contribution >= 4 is 34.3 Å². The van der Waals surface area contributed by atoms with Crippen LogP contribution in [0.15, 0.2) is 60.9 Å². The summed E-state index contributed by atoms with van der Waals surface area (Å²) in [5.74, 6) is 0.314. The highest BCUT2D eigenvalue weighted by atomic mass is 35.5. The van der Waals surface area contributed by atoms with Crippen molar-refractivity contribution in [3.8, 4) is 11.5 Å². The van der Waals surface area contributed by atoms with Crippen LogP contribution in [0.2, 0.25) is 5.02 Å². The van der Waals surface area contributed by atoms with Gasteiger partial charge in [0.25, 0.3) is 6.29 Å². The van der Waals surface area contributed by atoms with Crippen molar-refractivity contribution < 1.29 is 28.1 Å². The van der Waals surface area contributed by atoms with Gasteiger partial charge in [-0.25, -0.2) is 14.2 Å². The predicted molar refractivity (Wildman–Crippen MR) is 152 cm³/mol. The Labute approximate surface area is 241 Å². The zero-order valence-corrected chi connectivity index (χ0v) is 23.5. The molecule has 1 fully saturated rings. The van der Waals surface area contributed by atoms with Gasteiger partial charge in [-0.3, -0.25) is 4.90 Å². The zero-order chi connectivity index (χ0) is 28.5. The minimum absolute atomic E-state index is 0.152. The Morgan fingerprint density at radius 1 is 1.12 bits per heavy atom. The molecule has 11 heteroatoms. The third-order valence-corrected chi connectivity index (χ3v) is 7.74. The standard InChI is InChI=1S/C30H30ClFN4O5/c1-34-18-33-24-9-6-19(14-26(24)34)29(37)39-17-21(38-2)16-35-10-12-36(13-11-35)25-4-3-5-27-28(25)41-30(40-27)22-8-7-20(31)15-23(22)32/h3-9,14-15,18,21,30H,10-13,16-17H2,1-2H3. The number of hydrogen-bond donors (Lipinski definition) is 0. The molecule has 2 aliphatic heterocycles. The molecule has 41 heavy (non-hydrogen) atoms. The molecule has 0 spiro atoms. The van der Waals surface area contributed by atoms with Gasteiger partial charge in [0.2, 0.25) is 0 Å². The molecule has 0 saturated carbocycles. The lowest BCUT2D eigenvalue weighted by Crippen LogP contribution is -2.49. The van der Waals surface area contributed by atoms with Gasteiger partial charge in [-0.15, -0.1) is 0 Å². The van der Waals surface area contributed by atoms with Crippen LogP contribution in [0.25, 0.3) is 11.0 Å². The van der Waals surface area contributed by atoms with Gasteiger partial charge in [-0.2, -0.15) is 0 Å². The van der Waals surface area contributed by atoms with Gasteiger partial charge >= 0.3 is 5.97 Å². The smallest absolute Gasteiger partial charge is 0.338 e. The number of aromatic nitrogens is 2. The number of piperazine rings is 1. The highest BCUT2D eigenvalue weighted by Gasteiger charge is 2.32. The number of aryl methyl sites for hydroxylation is 1. The SMILES string of the molecule is COC(COC(=O)c1ccc2ncn(C)c2c1)CN1CCN(c2cccc3c2OC(c2ccc(Cl)cc2F)O3)CC1. The third kappa shape index (κ3) is 5.68. The molecule has 1 saturated heterocycles. The van der Waals surface area contributed by atoms with Crippen molar-refractivity contribution in [2.45, 2.75) is 12.4 Å². The van der Waals surface area contributed by atoms with Gasteiger partial charge in [0.1, 0.15) is 18.5 Å². The Morgan fingerprint density at radius 3 is 2.73 bits per heavy atom. The molecule has 0 bridgehead atoms. The number of anilines is 1. The maximum absolute atomic E-state index is 14.5. The molecule has 2 atom stereocenters. The Bertz CT molecular complexity index is 1570. The van der Waals surface area contributed by atoms with E-state index in [9.17, 15) is 9.18 Å². The minimum atomic E-state index is -0.874. The number of hydrogen-bond acceptors (Lipinski definition) is 8. The van der Waals surface area contributed by atoms with Crippen molar-refractivity contribution in [1.82, 2.24) is 14.5 Å². The van der Waals surface area contributed by atoms with Gasteiger partial charge in [0.05, 0.1) is 34.2 Å². The Hall–Kier alpha value is -3.86. The van der Waals surface area contributed by atoms with E-state index in [1.807, 2.05) is 35.9 Å². The number of carbonyl (C=O) groups is 1. The molecule has 0 N–H and O–H groups in total. The highest BCUT2D eigenvalue weighted by molar-refractivity contribution is 6.30. The quantitative estimate of drug-likeness (QED) is 0.274. The first-order chi connectivity index (χ1) is 19.9. The number of para-hydroxylation sites is 1. The second kappa shape index (κ2) is 11.6. The molecular formula is C30H30ClFN4O5. The minimum Gasteiger partial charge on any atom is -0.459 e. The molecule has 2 aliphatic rings. The van der Waals surface area contributed by atoms with E-state index in [0.717, 1.165) is 42.9 Å². The van der Waals surface area contributed by atoms with Crippen molar-refractivity contribution in [2.75, 3.05) is 51.3 Å². The molecule has 3 aromatic carbocycles. The second-order valence-electron chi connectivity index (χ2n) is 10.1. The van der Waals surface area contributed by atoms with Gasteiger partial charge in [-0.1, -0.05) is 17.7 Å². The van der Waals surface area contributed by atoms with E-state index in [-0.39, 0.29) is 12.7 Å². The summed E-state index contributed by atoms with van der Waals surface area (Å²) in [7, 11) is 3.51. The number of nitrogens with zero attached hydrogens (tertiary/aromatic N) is 4. The van der Waals surface area contributed by atoms with Crippen LogP contribution in [0.3, 0.4) is 0 Å². The summed E-state index contributed by atoms with van der Waals surface area (Å²) in [4.78, 5) is 21.5. The average Bonchev–Trinajstić information content (AvgIpc) is 3.58. The molecule has 0 aliphatic carbocycles. The summed E-state index contributed by atoms with van der Waals surface area (Å²) in [6, 6.07) is 15.5. The molecule has 3 heterocycles. The van der Waals surface area contributed by atoms with Crippen molar-refractivity contribution in [1.29, 1.82) is 0 Å². The lowest BCUT2D eigenvalue weighted by Gasteiger charge is -2.37. The topological polar surface area (TPSA) is 78.3 Å². The number of esters is 1. The van der Waals surface area contributed by atoms with Crippen LogP contribution in [0.5, 0.6) is 11.5 Å². The molecule has 0 amide bonds. The first kappa shape index (κ1) is 27.3. The fourth-order valence-corrected chi connectivity index (χ4v) is 5.35. The molecule has 9 nitrogen and oxygen atoms in total. The summed E-state index contributed by atoms with van der Waals surface area (Å²) in [5, 5.41) is 0.317. The van der Waals surface area contributed by atoms with Crippen LogP contribution in [0.1, 0.15) is 22.2 Å². The largest absolute Gasteiger partial charge is 0.459 e. The second-order valence-corrected chi connectivity index (χ2v) is 10.6. The van der Waals surface area contributed by atoms with Crippen LogP contribution < -0.4 is 14.4 Å². The number of halogens is 2. The molecule has 1 aromatic heterocycles. The molecule has 6 rings (SSSR count). The molecule has 214 valence electrons. The number of benzene rings is 3. The van der Waals surface area contributed by atoms with Gasteiger partial charge < -0.3 is 28.4 Å². The summed E-state index contributed by atoms with van der Waals surface area (Å²) >= 11 is 5.90. The Morgan fingerprint density at radius 2 is 1.95 bits per heavy atom.